The number of hydrogen-bond donors (Lipinski definition) is 3. The summed E-state index contributed by atoms with van der Waals surface area (Å²) < 4.78 is 0. The smallest absolute Gasteiger partial charge is 0.251 e. The summed E-state index contributed by atoms with van der Waals surface area (Å²) in [5, 5.41) is 5.52. The summed E-state index contributed by atoms with van der Waals surface area (Å²) in [7, 11) is 0. The van der Waals surface area contributed by atoms with Gasteiger partial charge < -0.3 is 16.4 Å². The van der Waals surface area contributed by atoms with Crippen LogP contribution in [0.4, 0.5) is 5.69 Å². The number of benzene rings is 1. The molecule has 0 fully saturated rings. The molecule has 5 nitrogen and oxygen atoms in total. The minimum absolute atomic E-state index is 0.0982. The Balaban J connectivity index is 2.61. The van der Waals surface area contributed by atoms with Crippen LogP contribution in [0.5, 0.6) is 0 Å². The van der Waals surface area contributed by atoms with Crippen molar-refractivity contribution in [2.75, 3.05) is 18.8 Å². The van der Waals surface area contributed by atoms with Gasteiger partial charge in [-0.3, -0.25) is 9.59 Å². The minimum Gasteiger partial charge on any atom is -0.397 e. The zero-order valence-corrected chi connectivity index (χ0v) is 11.9. The molecule has 0 heterocycles. The second-order valence-electron chi connectivity index (χ2n) is 3.89. The van der Waals surface area contributed by atoms with E-state index in [-0.39, 0.29) is 33.7 Å². The molecule has 1 aromatic carbocycles. The molecule has 0 aliphatic carbocycles. The van der Waals surface area contributed by atoms with Crippen LogP contribution >= 0.6 is 23.2 Å². The van der Waals surface area contributed by atoms with E-state index < -0.39 is 5.91 Å². The average molecular weight is 304 g/mol. The highest BCUT2D eigenvalue weighted by Crippen LogP contribution is 2.29. The number of nitrogens with two attached hydrogens (primary N) is 1. The largest absolute Gasteiger partial charge is 0.397 e. The Kier molecular flexibility index (Phi) is 5.92. The van der Waals surface area contributed by atoms with Crippen LogP contribution in [-0.2, 0) is 4.79 Å². The molecular formula is C12H15Cl2N3O2. The van der Waals surface area contributed by atoms with Crippen LogP contribution in [0.25, 0.3) is 0 Å². The number of halogens is 2. The quantitative estimate of drug-likeness (QED) is 0.726. The fourth-order valence-electron chi connectivity index (χ4n) is 1.33. The van der Waals surface area contributed by atoms with E-state index in [0.717, 1.165) is 6.42 Å². The number of nitrogen functional groups attached to an aromatic ring is 1. The highest BCUT2D eigenvalue weighted by atomic mass is 35.5. The maximum Gasteiger partial charge on any atom is 0.251 e. The number of carbonyl (C=O) groups excluding carboxylic acids is 2. The number of hydrogen-bond acceptors (Lipinski definition) is 3. The van der Waals surface area contributed by atoms with Gasteiger partial charge in [0.25, 0.3) is 5.91 Å². The van der Waals surface area contributed by atoms with Gasteiger partial charge in [0.2, 0.25) is 5.91 Å². The second-order valence-corrected chi connectivity index (χ2v) is 4.68. The third-order valence-corrected chi connectivity index (χ3v) is 3.12. The van der Waals surface area contributed by atoms with Gasteiger partial charge in [-0.15, -0.1) is 0 Å². The van der Waals surface area contributed by atoms with Crippen LogP contribution in [0.3, 0.4) is 0 Å². The molecule has 0 aliphatic heterocycles. The van der Waals surface area contributed by atoms with Crippen molar-refractivity contribution in [1.82, 2.24) is 10.6 Å². The molecule has 0 saturated carbocycles. The Morgan fingerprint density at radius 1 is 1.26 bits per heavy atom. The molecule has 0 aliphatic rings. The van der Waals surface area contributed by atoms with E-state index in [0.29, 0.717) is 6.54 Å². The van der Waals surface area contributed by atoms with Gasteiger partial charge in [-0.1, -0.05) is 30.1 Å². The van der Waals surface area contributed by atoms with Crippen molar-refractivity contribution in [1.29, 1.82) is 0 Å². The molecular weight excluding hydrogens is 289 g/mol. The summed E-state index contributed by atoms with van der Waals surface area (Å²) >= 11 is 11.6. The molecule has 1 rings (SSSR count). The molecule has 0 saturated heterocycles. The monoisotopic (exact) mass is 303 g/mol. The Bertz CT molecular complexity index is 469. The average Bonchev–Trinajstić information content (AvgIpc) is 2.39. The fraction of sp³-hybridized carbons (Fsp3) is 0.333. The molecule has 0 atom stereocenters. The standard InChI is InChI=1S/C12H15Cl2N3O2/c1-2-3-16-10(18)6-17-12(19)7-4-8(13)11(14)9(15)5-7/h4-5H,2-3,6,15H2,1H3,(H,16,18)(H,17,19). The van der Waals surface area contributed by atoms with E-state index in [1.165, 1.54) is 12.1 Å². The third kappa shape index (κ3) is 4.61. The molecule has 0 bridgehead atoms. The van der Waals surface area contributed by atoms with Crippen LogP contribution in [0.15, 0.2) is 12.1 Å². The van der Waals surface area contributed by atoms with Crippen molar-refractivity contribution in [3.05, 3.63) is 27.7 Å². The van der Waals surface area contributed by atoms with E-state index in [9.17, 15) is 9.59 Å². The predicted octanol–water partition coefficient (Wildman–Crippen LogP) is 1.83. The van der Waals surface area contributed by atoms with Crippen molar-refractivity contribution in [3.63, 3.8) is 0 Å². The molecule has 7 heteroatoms. The van der Waals surface area contributed by atoms with E-state index in [1.54, 1.807) is 0 Å². The second kappa shape index (κ2) is 7.21. The van der Waals surface area contributed by atoms with E-state index in [1.807, 2.05) is 6.92 Å². The zero-order chi connectivity index (χ0) is 14.4. The van der Waals surface area contributed by atoms with Gasteiger partial charge in [-0.25, -0.2) is 0 Å². The fourth-order valence-corrected chi connectivity index (χ4v) is 1.67. The predicted molar refractivity (Wildman–Crippen MR) is 76.5 cm³/mol. The normalized spacial score (nSPS) is 10.1. The van der Waals surface area contributed by atoms with Gasteiger partial charge in [-0.05, 0) is 18.6 Å². The number of anilines is 1. The van der Waals surface area contributed by atoms with E-state index in [2.05, 4.69) is 10.6 Å². The van der Waals surface area contributed by atoms with Crippen LogP contribution < -0.4 is 16.4 Å². The van der Waals surface area contributed by atoms with Crippen LogP contribution in [0, 0.1) is 0 Å². The van der Waals surface area contributed by atoms with Crippen molar-refractivity contribution in [2.24, 2.45) is 0 Å². The first-order valence-corrected chi connectivity index (χ1v) is 6.50. The van der Waals surface area contributed by atoms with E-state index in [4.69, 9.17) is 28.9 Å². The lowest BCUT2D eigenvalue weighted by molar-refractivity contribution is -0.120. The summed E-state index contributed by atoms with van der Waals surface area (Å²) in [5.41, 5.74) is 6.08. The van der Waals surface area contributed by atoms with Gasteiger partial charge >= 0.3 is 0 Å². The Morgan fingerprint density at radius 3 is 2.53 bits per heavy atom. The summed E-state index contributed by atoms with van der Waals surface area (Å²) in [6.07, 6.45) is 0.836. The van der Waals surface area contributed by atoms with Crippen LogP contribution in [0.2, 0.25) is 10.0 Å². The lowest BCUT2D eigenvalue weighted by Gasteiger charge is -2.08. The highest BCUT2D eigenvalue weighted by molar-refractivity contribution is 6.43. The lowest BCUT2D eigenvalue weighted by atomic mass is 10.2. The topological polar surface area (TPSA) is 84.2 Å². The summed E-state index contributed by atoms with van der Waals surface area (Å²) in [6.45, 7) is 2.42. The summed E-state index contributed by atoms with van der Waals surface area (Å²) in [5.74, 6) is -0.680. The molecule has 2 amide bonds. The van der Waals surface area contributed by atoms with Gasteiger partial charge in [-0.2, -0.15) is 0 Å². The third-order valence-electron chi connectivity index (χ3n) is 2.30. The molecule has 0 spiro atoms. The molecule has 0 radical (unpaired) electrons. The van der Waals surface area contributed by atoms with Gasteiger partial charge in [0, 0.05) is 12.1 Å². The van der Waals surface area contributed by atoms with Gasteiger partial charge in [0.05, 0.1) is 22.3 Å². The van der Waals surface area contributed by atoms with Gasteiger partial charge in [0.1, 0.15) is 0 Å². The number of amides is 2. The number of nitrogens with one attached hydrogen (secondary N) is 2. The van der Waals surface area contributed by atoms with Crippen molar-refractivity contribution in [2.45, 2.75) is 13.3 Å². The van der Waals surface area contributed by atoms with Crippen LogP contribution in [-0.4, -0.2) is 24.9 Å². The Hall–Kier alpha value is -1.46. The van der Waals surface area contributed by atoms with Gasteiger partial charge in [0.15, 0.2) is 0 Å². The highest BCUT2D eigenvalue weighted by Gasteiger charge is 2.12. The first-order valence-electron chi connectivity index (χ1n) is 5.75. The maximum absolute atomic E-state index is 11.8. The SMILES string of the molecule is CCCNC(=O)CNC(=O)c1cc(N)c(Cl)c(Cl)c1. The molecule has 1 aromatic rings. The molecule has 4 N–H and O–H groups in total. The molecule has 0 aromatic heterocycles. The van der Waals surface area contributed by atoms with Crippen molar-refractivity contribution < 1.29 is 9.59 Å². The Morgan fingerprint density at radius 2 is 1.95 bits per heavy atom. The molecule has 19 heavy (non-hydrogen) atoms. The number of carbonyl (C=O) groups is 2. The summed E-state index contributed by atoms with van der Waals surface area (Å²) in [4.78, 5) is 23.1. The lowest BCUT2D eigenvalue weighted by Crippen LogP contribution is -2.37. The number of rotatable bonds is 5. The Labute approximate surface area is 121 Å². The van der Waals surface area contributed by atoms with Crippen LogP contribution in [0.1, 0.15) is 23.7 Å². The zero-order valence-electron chi connectivity index (χ0n) is 10.4. The molecule has 0 unspecified atom stereocenters. The van der Waals surface area contributed by atoms with E-state index >= 15 is 0 Å². The maximum atomic E-state index is 11.8. The first-order chi connectivity index (χ1) is 8.95. The van der Waals surface area contributed by atoms with Crippen molar-refractivity contribution in [3.8, 4) is 0 Å². The first kappa shape index (κ1) is 15.6. The van der Waals surface area contributed by atoms with Crippen molar-refractivity contribution >= 4 is 40.7 Å². The molecule has 104 valence electrons. The summed E-state index contributed by atoms with van der Waals surface area (Å²) in [6, 6.07) is 2.81. The minimum atomic E-state index is -0.433.